The van der Waals surface area contributed by atoms with Crippen LogP contribution in [0.15, 0.2) is 35.7 Å². The van der Waals surface area contributed by atoms with Crippen LogP contribution in [-0.4, -0.2) is 18.9 Å². The van der Waals surface area contributed by atoms with Crippen molar-refractivity contribution in [1.82, 2.24) is 0 Å². The van der Waals surface area contributed by atoms with Crippen LogP contribution in [0.5, 0.6) is 11.5 Å². The van der Waals surface area contributed by atoms with Gasteiger partial charge in [0.15, 0.2) is 11.5 Å². The van der Waals surface area contributed by atoms with Crippen molar-refractivity contribution in [2.24, 2.45) is 0 Å². The van der Waals surface area contributed by atoms with Crippen LogP contribution < -0.4 is 9.47 Å². The van der Waals surface area contributed by atoms with E-state index in [0.29, 0.717) is 34.8 Å². The summed E-state index contributed by atoms with van der Waals surface area (Å²) >= 11 is 1.31. The zero-order valence-corrected chi connectivity index (χ0v) is 11.1. The molecular weight excluding hydrogens is 264 g/mol. The topological polar surface area (TPSA) is 52.6 Å². The first-order valence-corrected chi connectivity index (χ1v) is 6.60. The number of hydrogen-bond donors (Lipinski definition) is 0. The highest BCUT2D eigenvalue weighted by atomic mass is 32.1. The monoisotopic (exact) mass is 276 g/mol. The van der Waals surface area contributed by atoms with Crippen molar-refractivity contribution in [3.8, 4) is 11.5 Å². The summed E-state index contributed by atoms with van der Waals surface area (Å²) in [5.41, 5.74) is 0.472. The molecule has 0 amide bonds. The highest BCUT2D eigenvalue weighted by Gasteiger charge is 2.13. The van der Waals surface area contributed by atoms with Crippen LogP contribution in [-0.2, 0) is 0 Å². The molecule has 19 heavy (non-hydrogen) atoms. The second-order valence-corrected chi connectivity index (χ2v) is 4.57. The van der Waals surface area contributed by atoms with E-state index in [1.54, 1.807) is 35.7 Å². The van der Waals surface area contributed by atoms with Crippen molar-refractivity contribution in [2.75, 3.05) is 6.61 Å². The Hall–Kier alpha value is -2.14. The van der Waals surface area contributed by atoms with Gasteiger partial charge in [0.2, 0.25) is 0 Å². The molecule has 0 atom stereocenters. The molecule has 0 saturated carbocycles. The van der Waals surface area contributed by atoms with E-state index >= 15 is 0 Å². The van der Waals surface area contributed by atoms with Crippen LogP contribution in [0.1, 0.15) is 27.0 Å². The molecule has 2 aromatic rings. The molecule has 0 aliphatic rings. The molecule has 0 N–H and O–H groups in total. The minimum Gasteiger partial charge on any atom is -0.490 e. The van der Waals surface area contributed by atoms with Gasteiger partial charge < -0.3 is 9.47 Å². The molecular formula is C14H12O4S. The van der Waals surface area contributed by atoms with Gasteiger partial charge in [-0.15, -0.1) is 11.3 Å². The number of carbonyl (C=O) groups is 2. The molecule has 5 heteroatoms. The number of aldehydes is 1. The molecule has 0 spiro atoms. The zero-order chi connectivity index (χ0) is 13.7. The predicted octanol–water partition coefficient (Wildman–Crippen LogP) is 3.18. The van der Waals surface area contributed by atoms with Gasteiger partial charge in [0.25, 0.3) is 0 Å². The van der Waals surface area contributed by atoms with Gasteiger partial charge in [-0.05, 0) is 36.6 Å². The first-order chi connectivity index (χ1) is 9.24. The first-order valence-electron chi connectivity index (χ1n) is 5.72. The smallest absolute Gasteiger partial charge is 0.353 e. The number of ether oxygens (including phenoxy) is 2. The molecule has 98 valence electrons. The number of thiophene rings is 1. The Bertz CT molecular complexity index is 575. The van der Waals surface area contributed by atoms with Crippen LogP contribution in [0, 0.1) is 0 Å². The van der Waals surface area contributed by atoms with E-state index in [4.69, 9.17) is 9.47 Å². The van der Waals surface area contributed by atoms with Crippen molar-refractivity contribution < 1.29 is 19.1 Å². The summed E-state index contributed by atoms with van der Waals surface area (Å²) in [5.74, 6) is 0.262. The van der Waals surface area contributed by atoms with E-state index in [1.165, 1.54) is 11.3 Å². The molecule has 0 unspecified atom stereocenters. The lowest BCUT2D eigenvalue weighted by Crippen LogP contribution is -2.08. The number of hydrogen-bond acceptors (Lipinski definition) is 5. The van der Waals surface area contributed by atoms with E-state index < -0.39 is 5.97 Å². The minimum atomic E-state index is -0.435. The summed E-state index contributed by atoms with van der Waals surface area (Å²) in [6, 6.07) is 8.15. The van der Waals surface area contributed by atoms with Crippen LogP contribution in [0.25, 0.3) is 0 Å². The van der Waals surface area contributed by atoms with Gasteiger partial charge in [-0.1, -0.05) is 6.07 Å². The Morgan fingerprint density at radius 1 is 1.32 bits per heavy atom. The molecule has 0 bridgehead atoms. The van der Waals surface area contributed by atoms with Crippen LogP contribution in [0.4, 0.5) is 0 Å². The quantitative estimate of drug-likeness (QED) is 0.478. The minimum absolute atomic E-state index is 0.311. The average Bonchev–Trinajstić information content (AvgIpc) is 2.95. The van der Waals surface area contributed by atoms with Gasteiger partial charge in [0.1, 0.15) is 11.2 Å². The summed E-state index contributed by atoms with van der Waals surface area (Å²) in [7, 11) is 0. The van der Waals surface area contributed by atoms with E-state index in [9.17, 15) is 9.59 Å². The fourth-order valence-electron chi connectivity index (χ4n) is 1.50. The maximum Gasteiger partial charge on any atom is 0.353 e. The van der Waals surface area contributed by atoms with Gasteiger partial charge in [0, 0.05) is 5.56 Å². The second kappa shape index (κ2) is 6.15. The number of rotatable bonds is 5. The molecule has 0 aliphatic carbocycles. The third-order valence-corrected chi connectivity index (χ3v) is 3.18. The van der Waals surface area contributed by atoms with Gasteiger partial charge >= 0.3 is 5.97 Å². The van der Waals surface area contributed by atoms with Crippen molar-refractivity contribution in [3.05, 3.63) is 46.2 Å². The number of esters is 1. The SMILES string of the molecule is CCOc1cc(C=O)ccc1OC(=O)c1cccs1. The molecule has 0 fully saturated rings. The maximum atomic E-state index is 11.8. The van der Waals surface area contributed by atoms with Crippen LogP contribution in [0.3, 0.4) is 0 Å². The third-order valence-electron chi connectivity index (χ3n) is 2.33. The van der Waals surface area contributed by atoms with E-state index in [1.807, 2.05) is 6.92 Å². The zero-order valence-electron chi connectivity index (χ0n) is 10.3. The van der Waals surface area contributed by atoms with Gasteiger partial charge in [-0.3, -0.25) is 4.79 Å². The fraction of sp³-hybridized carbons (Fsp3) is 0.143. The number of carbonyl (C=O) groups excluding carboxylic acids is 2. The Morgan fingerprint density at radius 2 is 2.16 bits per heavy atom. The highest BCUT2D eigenvalue weighted by Crippen LogP contribution is 2.29. The number of benzene rings is 1. The Labute approximate surface area is 114 Å². The molecule has 0 aliphatic heterocycles. The largest absolute Gasteiger partial charge is 0.490 e. The van der Waals surface area contributed by atoms with Gasteiger partial charge in [-0.25, -0.2) is 4.79 Å². The Balaban J connectivity index is 2.23. The van der Waals surface area contributed by atoms with Crippen molar-refractivity contribution in [1.29, 1.82) is 0 Å². The Morgan fingerprint density at radius 3 is 2.79 bits per heavy atom. The maximum absolute atomic E-state index is 11.8. The van der Waals surface area contributed by atoms with E-state index in [-0.39, 0.29) is 0 Å². The molecule has 0 saturated heterocycles. The lowest BCUT2D eigenvalue weighted by molar-refractivity contribution is 0.0733. The van der Waals surface area contributed by atoms with Crippen molar-refractivity contribution >= 4 is 23.6 Å². The lowest BCUT2D eigenvalue weighted by Gasteiger charge is -2.10. The summed E-state index contributed by atoms with van der Waals surface area (Å²) in [6.07, 6.45) is 0.716. The van der Waals surface area contributed by atoms with Crippen molar-refractivity contribution in [2.45, 2.75) is 6.92 Å². The lowest BCUT2D eigenvalue weighted by atomic mass is 10.2. The molecule has 2 rings (SSSR count). The summed E-state index contributed by atoms with van der Waals surface area (Å²) in [5, 5.41) is 1.80. The van der Waals surface area contributed by atoms with Gasteiger partial charge in [0.05, 0.1) is 6.61 Å². The molecule has 1 aromatic carbocycles. The summed E-state index contributed by atoms with van der Waals surface area (Å²) < 4.78 is 10.6. The van der Waals surface area contributed by atoms with Gasteiger partial charge in [-0.2, -0.15) is 0 Å². The molecule has 4 nitrogen and oxygen atoms in total. The van der Waals surface area contributed by atoms with Crippen LogP contribution >= 0.6 is 11.3 Å². The predicted molar refractivity (Wildman–Crippen MR) is 72.3 cm³/mol. The second-order valence-electron chi connectivity index (χ2n) is 3.62. The third kappa shape index (κ3) is 3.20. The van der Waals surface area contributed by atoms with E-state index in [2.05, 4.69) is 0 Å². The summed E-state index contributed by atoms with van der Waals surface area (Å²) in [4.78, 5) is 23.1. The standard InChI is InChI=1S/C14H12O4S/c1-2-17-12-8-10(9-15)5-6-11(12)18-14(16)13-4-3-7-19-13/h3-9H,2H2,1H3. The molecule has 1 aromatic heterocycles. The summed E-state index contributed by atoms with van der Waals surface area (Å²) in [6.45, 7) is 2.24. The Kier molecular flexibility index (Phi) is 4.30. The first kappa shape index (κ1) is 13.3. The highest BCUT2D eigenvalue weighted by molar-refractivity contribution is 7.12. The molecule has 1 heterocycles. The normalized spacial score (nSPS) is 9.95. The van der Waals surface area contributed by atoms with Crippen LogP contribution in [0.2, 0.25) is 0 Å². The van der Waals surface area contributed by atoms with Crippen molar-refractivity contribution in [3.63, 3.8) is 0 Å². The van der Waals surface area contributed by atoms with E-state index in [0.717, 1.165) is 0 Å². The average molecular weight is 276 g/mol. The molecule has 0 radical (unpaired) electrons. The fourth-order valence-corrected chi connectivity index (χ4v) is 2.09.